The Labute approximate surface area is 231 Å². The summed E-state index contributed by atoms with van der Waals surface area (Å²) in [5.41, 5.74) is 0.358. The Bertz CT molecular complexity index is 1720. The van der Waals surface area contributed by atoms with Crippen LogP contribution in [0.4, 0.5) is 16.2 Å². The highest BCUT2D eigenvalue weighted by Gasteiger charge is 2.37. The molecule has 0 bridgehead atoms. The molecule has 1 fully saturated rings. The van der Waals surface area contributed by atoms with Gasteiger partial charge in [-0.3, -0.25) is 25.0 Å². The minimum absolute atomic E-state index is 0.0585. The standard InChI is InChI=1S/C28H17Cl2N3O6/c29-18-10-8-17(24(30)12-18)15-39-25-11-9-16-4-1-2-7-21(16)22(25)14-23-26(34)31-28(36)32(27(23)35)19-5-3-6-20(13-19)33(37)38/h1-14H,15H2,(H,31,34,36)/b23-14+. The first-order valence-electron chi connectivity index (χ1n) is 11.5. The van der Waals surface area contributed by atoms with E-state index in [4.69, 9.17) is 27.9 Å². The number of non-ortho nitro benzene ring substituents is 1. The van der Waals surface area contributed by atoms with Crippen molar-refractivity contribution in [2.75, 3.05) is 4.90 Å². The number of imide groups is 2. The number of rotatable bonds is 6. The van der Waals surface area contributed by atoms with Gasteiger partial charge in [0.05, 0.1) is 10.6 Å². The first-order chi connectivity index (χ1) is 18.7. The lowest BCUT2D eigenvalue weighted by atomic mass is 9.99. The second-order valence-corrected chi connectivity index (χ2v) is 9.30. The average Bonchev–Trinajstić information content (AvgIpc) is 2.91. The summed E-state index contributed by atoms with van der Waals surface area (Å²) in [7, 11) is 0. The number of anilines is 1. The minimum atomic E-state index is -1.02. The molecule has 11 heteroatoms. The molecule has 5 rings (SSSR count). The maximum Gasteiger partial charge on any atom is 0.335 e. The van der Waals surface area contributed by atoms with Crippen LogP contribution in [0.1, 0.15) is 11.1 Å². The molecule has 1 saturated heterocycles. The summed E-state index contributed by atoms with van der Waals surface area (Å²) in [6.45, 7) is 0.0724. The quantitative estimate of drug-likeness (QED) is 0.128. The van der Waals surface area contributed by atoms with Gasteiger partial charge in [0.1, 0.15) is 17.9 Å². The second-order valence-electron chi connectivity index (χ2n) is 8.46. The van der Waals surface area contributed by atoms with Crippen LogP contribution in [0.5, 0.6) is 5.75 Å². The highest BCUT2D eigenvalue weighted by Crippen LogP contribution is 2.33. The first kappa shape index (κ1) is 25.9. The average molecular weight is 562 g/mol. The van der Waals surface area contributed by atoms with Crippen molar-refractivity contribution in [3.63, 3.8) is 0 Å². The number of nitrogens with zero attached hydrogens (tertiary/aromatic N) is 2. The molecule has 0 unspecified atom stereocenters. The number of amides is 4. The number of ether oxygens (including phenoxy) is 1. The molecule has 194 valence electrons. The van der Waals surface area contributed by atoms with Gasteiger partial charge < -0.3 is 4.74 Å². The fraction of sp³-hybridized carbons (Fsp3) is 0.0357. The van der Waals surface area contributed by atoms with Gasteiger partial charge in [-0.05, 0) is 41.1 Å². The number of carbonyl (C=O) groups excluding carboxylic acids is 3. The Morgan fingerprint density at radius 2 is 1.74 bits per heavy atom. The normalized spacial score (nSPS) is 14.6. The van der Waals surface area contributed by atoms with Crippen molar-refractivity contribution in [1.82, 2.24) is 5.32 Å². The molecule has 1 heterocycles. The van der Waals surface area contributed by atoms with Crippen LogP contribution in [-0.4, -0.2) is 22.8 Å². The summed E-state index contributed by atoms with van der Waals surface area (Å²) in [5.74, 6) is -1.50. The number of nitro benzene ring substituents is 1. The molecule has 0 aliphatic carbocycles. The van der Waals surface area contributed by atoms with Gasteiger partial charge in [0.25, 0.3) is 17.5 Å². The number of benzene rings is 4. The molecule has 0 saturated carbocycles. The summed E-state index contributed by atoms with van der Waals surface area (Å²) in [4.78, 5) is 50.2. The first-order valence-corrected chi connectivity index (χ1v) is 12.2. The number of hydrogen-bond donors (Lipinski definition) is 1. The van der Waals surface area contributed by atoms with E-state index in [2.05, 4.69) is 5.32 Å². The van der Waals surface area contributed by atoms with E-state index in [-0.39, 0.29) is 23.6 Å². The van der Waals surface area contributed by atoms with E-state index in [1.807, 2.05) is 18.2 Å². The lowest BCUT2D eigenvalue weighted by Gasteiger charge is -2.26. The molecule has 0 aromatic heterocycles. The molecule has 1 N–H and O–H groups in total. The van der Waals surface area contributed by atoms with Gasteiger partial charge in [0, 0.05) is 33.3 Å². The number of barbiturate groups is 1. The maximum absolute atomic E-state index is 13.5. The third-order valence-corrected chi connectivity index (χ3v) is 6.61. The minimum Gasteiger partial charge on any atom is -0.488 e. The van der Waals surface area contributed by atoms with Crippen LogP contribution < -0.4 is 15.0 Å². The van der Waals surface area contributed by atoms with E-state index in [0.29, 0.717) is 37.2 Å². The summed E-state index contributed by atoms with van der Waals surface area (Å²) in [6, 6.07) is 19.8. The topological polar surface area (TPSA) is 119 Å². The Morgan fingerprint density at radius 3 is 2.51 bits per heavy atom. The van der Waals surface area contributed by atoms with Crippen LogP contribution in [-0.2, 0) is 16.2 Å². The molecular formula is C28H17Cl2N3O6. The van der Waals surface area contributed by atoms with E-state index >= 15 is 0 Å². The Morgan fingerprint density at radius 1 is 0.949 bits per heavy atom. The predicted molar refractivity (Wildman–Crippen MR) is 147 cm³/mol. The molecule has 1 aliphatic heterocycles. The van der Waals surface area contributed by atoms with Crippen molar-refractivity contribution in [3.05, 3.63) is 116 Å². The molecule has 1 aliphatic rings. The number of nitrogens with one attached hydrogen (secondary N) is 1. The van der Waals surface area contributed by atoms with Crippen molar-refractivity contribution in [1.29, 1.82) is 0 Å². The van der Waals surface area contributed by atoms with Gasteiger partial charge in [-0.2, -0.15) is 0 Å². The fourth-order valence-corrected chi connectivity index (χ4v) is 4.59. The molecule has 9 nitrogen and oxygen atoms in total. The summed E-state index contributed by atoms with van der Waals surface area (Å²) in [5, 5.41) is 15.8. The zero-order valence-electron chi connectivity index (χ0n) is 19.9. The number of carbonyl (C=O) groups is 3. The Kier molecular flexibility index (Phi) is 7.02. The van der Waals surface area contributed by atoms with Gasteiger partial charge in [0.15, 0.2) is 0 Å². The second kappa shape index (κ2) is 10.6. The Hall–Kier alpha value is -4.73. The van der Waals surface area contributed by atoms with Crippen molar-refractivity contribution < 1.29 is 24.0 Å². The summed E-state index contributed by atoms with van der Waals surface area (Å²) in [6.07, 6.45) is 1.34. The highest BCUT2D eigenvalue weighted by molar-refractivity contribution is 6.39. The number of nitro groups is 1. The third kappa shape index (κ3) is 5.18. The van der Waals surface area contributed by atoms with Gasteiger partial charge in [-0.15, -0.1) is 0 Å². The van der Waals surface area contributed by atoms with Gasteiger partial charge in [0.2, 0.25) is 0 Å². The molecule has 0 radical (unpaired) electrons. The van der Waals surface area contributed by atoms with E-state index < -0.39 is 22.8 Å². The van der Waals surface area contributed by atoms with Crippen LogP contribution in [0.15, 0.2) is 84.4 Å². The summed E-state index contributed by atoms with van der Waals surface area (Å²) >= 11 is 12.3. The molecule has 0 spiro atoms. The molecular weight excluding hydrogens is 545 g/mol. The van der Waals surface area contributed by atoms with Crippen LogP contribution in [0.25, 0.3) is 16.8 Å². The lowest BCUT2D eigenvalue weighted by molar-refractivity contribution is -0.384. The monoisotopic (exact) mass is 561 g/mol. The van der Waals surface area contributed by atoms with Crippen molar-refractivity contribution in [2.24, 2.45) is 0 Å². The molecule has 4 aromatic carbocycles. The molecule has 39 heavy (non-hydrogen) atoms. The smallest absolute Gasteiger partial charge is 0.335 e. The van der Waals surface area contributed by atoms with Gasteiger partial charge in [-0.25, -0.2) is 9.69 Å². The van der Waals surface area contributed by atoms with Crippen molar-refractivity contribution in [3.8, 4) is 5.75 Å². The number of urea groups is 1. The largest absolute Gasteiger partial charge is 0.488 e. The number of fused-ring (bicyclic) bond motifs is 1. The van der Waals surface area contributed by atoms with Crippen LogP contribution in [0.2, 0.25) is 10.0 Å². The third-order valence-electron chi connectivity index (χ3n) is 6.02. The lowest BCUT2D eigenvalue weighted by Crippen LogP contribution is -2.54. The van der Waals surface area contributed by atoms with Crippen molar-refractivity contribution in [2.45, 2.75) is 6.61 Å². The zero-order chi connectivity index (χ0) is 27.7. The molecule has 4 aromatic rings. The Balaban J connectivity index is 1.58. The van der Waals surface area contributed by atoms with Gasteiger partial charge in [-0.1, -0.05) is 65.7 Å². The highest BCUT2D eigenvalue weighted by atomic mass is 35.5. The summed E-state index contributed by atoms with van der Waals surface area (Å²) < 4.78 is 6.07. The molecule has 4 amide bonds. The van der Waals surface area contributed by atoms with E-state index in [1.165, 1.54) is 24.3 Å². The number of hydrogen-bond acceptors (Lipinski definition) is 6. The van der Waals surface area contributed by atoms with Gasteiger partial charge >= 0.3 is 6.03 Å². The van der Waals surface area contributed by atoms with Crippen LogP contribution >= 0.6 is 23.2 Å². The fourth-order valence-electron chi connectivity index (χ4n) is 4.13. The van der Waals surface area contributed by atoms with Crippen LogP contribution in [0.3, 0.4) is 0 Å². The van der Waals surface area contributed by atoms with E-state index in [9.17, 15) is 24.5 Å². The zero-order valence-corrected chi connectivity index (χ0v) is 21.4. The van der Waals surface area contributed by atoms with Crippen LogP contribution in [0, 0.1) is 10.1 Å². The predicted octanol–water partition coefficient (Wildman–Crippen LogP) is 6.30. The SMILES string of the molecule is O=C1NC(=O)N(c2cccc([N+](=O)[O-])c2)C(=O)/C1=C/c1c(OCc2ccc(Cl)cc2Cl)ccc2ccccc12. The van der Waals surface area contributed by atoms with E-state index in [0.717, 1.165) is 11.5 Å². The number of halogens is 2. The van der Waals surface area contributed by atoms with Crippen molar-refractivity contribution >= 4 is 69.3 Å². The molecule has 0 atom stereocenters. The maximum atomic E-state index is 13.5. The van der Waals surface area contributed by atoms with E-state index in [1.54, 1.807) is 36.4 Å².